The quantitative estimate of drug-likeness (QED) is 0.701. The molecule has 2 aliphatic carbocycles. The number of benzene rings is 2. The Labute approximate surface area is 149 Å². The Morgan fingerprint density at radius 2 is 1.84 bits per heavy atom. The van der Waals surface area contributed by atoms with Crippen LogP contribution in [-0.2, 0) is 9.53 Å². The van der Waals surface area contributed by atoms with Gasteiger partial charge in [-0.25, -0.2) is 0 Å². The van der Waals surface area contributed by atoms with Gasteiger partial charge in [-0.2, -0.15) is 0 Å². The topological polar surface area (TPSA) is 35.5 Å². The van der Waals surface area contributed by atoms with Gasteiger partial charge in [0.05, 0.1) is 6.61 Å². The van der Waals surface area contributed by atoms with Crippen LogP contribution in [0.5, 0.6) is 5.75 Å². The number of hydrogen-bond acceptors (Lipinski definition) is 3. The van der Waals surface area contributed by atoms with E-state index in [1.54, 1.807) is 0 Å². The fourth-order valence-corrected chi connectivity index (χ4v) is 4.06. The maximum absolute atomic E-state index is 11.6. The SMILES string of the molecule is CC(=O)O[C@H]1CCCC[C@H]1c1c(OCC2CC2)ccc2ccccc12. The van der Waals surface area contributed by atoms with Gasteiger partial charge in [-0.3, -0.25) is 4.79 Å². The molecule has 3 heteroatoms. The highest BCUT2D eigenvalue weighted by molar-refractivity contribution is 5.88. The molecule has 0 heterocycles. The first kappa shape index (κ1) is 16.4. The van der Waals surface area contributed by atoms with Crippen molar-refractivity contribution in [2.45, 2.75) is 57.5 Å². The number of carbonyl (C=O) groups excluding carboxylic acids is 1. The molecule has 25 heavy (non-hydrogen) atoms. The van der Waals surface area contributed by atoms with Crippen LogP contribution in [0.25, 0.3) is 10.8 Å². The van der Waals surface area contributed by atoms with Crippen LogP contribution in [0.4, 0.5) is 0 Å². The number of rotatable bonds is 5. The lowest BCUT2D eigenvalue weighted by Crippen LogP contribution is -2.28. The van der Waals surface area contributed by atoms with Crippen molar-refractivity contribution in [3.63, 3.8) is 0 Å². The molecule has 4 rings (SSSR count). The number of fused-ring (bicyclic) bond motifs is 1. The third kappa shape index (κ3) is 3.65. The zero-order valence-corrected chi connectivity index (χ0v) is 14.9. The summed E-state index contributed by atoms with van der Waals surface area (Å²) < 4.78 is 11.9. The van der Waals surface area contributed by atoms with Crippen LogP contribution in [0.2, 0.25) is 0 Å². The van der Waals surface area contributed by atoms with E-state index < -0.39 is 0 Å². The largest absolute Gasteiger partial charge is 0.493 e. The van der Waals surface area contributed by atoms with Crippen molar-refractivity contribution < 1.29 is 14.3 Å². The van der Waals surface area contributed by atoms with Crippen molar-refractivity contribution in [2.24, 2.45) is 5.92 Å². The summed E-state index contributed by atoms with van der Waals surface area (Å²) in [4.78, 5) is 11.6. The van der Waals surface area contributed by atoms with E-state index in [0.29, 0.717) is 0 Å². The van der Waals surface area contributed by atoms with Gasteiger partial charge in [0.15, 0.2) is 0 Å². The lowest BCUT2D eigenvalue weighted by atomic mass is 9.79. The Hall–Kier alpha value is -2.03. The average molecular weight is 338 g/mol. The molecule has 2 aromatic rings. The minimum absolute atomic E-state index is 0.0414. The van der Waals surface area contributed by atoms with Crippen molar-refractivity contribution in [1.82, 2.24) is 0 Å². The summed E-state index contributed by atoms with van der Waals surface area (Å²) in [5, 5.41) is 2.46. The van der Waals surface area contributed by atoms with Gasteiger partial charge in [0.25, 0.3) is 0 Å². The number of ether oxygens (including phenoxy) is 2. The molecule has 3 nitrogen and oxygen atoms in total. The summed E-state index contributed by atoms with van der Waals surface area (Å²) in [6.07, 6.45) is 6.80. The van der Waals surface area contributed by atoms with Crippen LogP contribution in [0.1, 0.15) is 56.9 Å². The molecule has 2 atom stereocenters. The Balaban J connectivity index is 1.75. The van der Waals surface area contributed by atoms with E-state index in [-0.39, 0.29) is 18.0 Å². The lowest BCUT2D eigenvalue weighted by Gasteiger charge is -2.33. The lowest BCUT2D eigenvalue weighted by molar-refractivity contribution is -0.148. The highest BCUT2D eigenvalue weighted by Crippen LogP contribution is 2.43. The van der Waals surface area contributed by atoms with Gasteiger partial charge in [0.1, 0.15) is 11.9 Å². The van der Waals surface area contributed by atoms with Crippen LogP contribution < -0.4 is 4.74 Å². The van der Waals surface area contributed by atoms with Crippen molar-refractivity contribution >= 4 is 16.7 Å². The van der Waals surface area contributed by atoms with Gasteiger partial charge in [-0.15, -0.1) is 0 Å². The highest BCUT2D eigenvalue weighted by Gasteiger charge is 2.33. The van der Waals surface area contributed by atoms with Crippen LogP contribution in [-0.4, -0.2) is 18.7 Å². The molecule has 0 radical (unpaired) electrons. The molecule has 0 amide bonds. The molecular formula is C22H26O3. The van der Waals surface area contributed by atoms with Crippen molar-refractivity contribution in [3.05, 3.63) is 42.0 Å². The van der Waals surface area contributed by atoms with E-state index in [2.05, 4.69) is 36.4 Å². The molecule has 0 spiro atoms. The first-order valence-electron chi connectivity index (χ1n) is 9.54. The van der Waals surface area contributed by atoms with Gasteiger partial charge in [-0.1, -0.05) is 36.8 Å². The molecule has 132 valence electrons. The minimum atomic E-state index is -0.183. The van der Waals surface area contributed by atoms with Gasteiger partial charge in [0.2, 0.25) is 0 Å². The fourth-order valence-electron chi connectivity index (χ4n) is 4.06. The molecule has 2 aliphatic rings. The summed E-state index contributed by atoms with van der Waals surface area (Å²) in [7, 11) is 0. The van der Waals surface area contributed by atoms with E-state index in [9.17, 15) is 4.79 Å². The molecule has 0 N–H and O–H groups in total. The molecule has 0 bridgehead atoms. The predicted molar refractivity (Wildman–Crippen MR) is 98.9 cm³/mol. The van der Waals surface area contributed by atoms with Crippen LogP contribution in [0.3, 0.4) is 0 Å². The van der Waals surface area contributed by atoms with E-state index in [0.717, 1.165) is 37.5 Å². The Bertz CT molecular complexity index is 763. The molecule has 2 aromatic carbocycles. The summed E-state index contributed by atoms with van der Waals surface area (Å²) in [6.45, 7) is 2.32. The predicted octanol–water partition coefficient (Wildman–Crippen LogP) is 5.22. The molecule has 0 unspecified atom stereocenters. The van der Waals surface area contributed by atoms with Crippen LogP contribution >= 0.6 is 0 Å². The highest BCUT2D eigenvalue weighted by atomic mass is 16.5. The second kappa shape index (κ2) is 7.07. The summed E-state index contributed by atoms with van der Waals surface area (Å²) >= 11 is 0. The van der Waals surface area contributed by atoms with Gasteiger partial charge in [0, 0.05) is 18.4 Å². The summed E-state index contributed by atoms with van der Waals surface area (Å²) in [5.74, 6) is 1.74. The molecule has 0 aromatic heterocycles. The standard InChI is InChI=1S/C22H26O3/c1-15(23)25-20-9-5-4-8-19(20)22-18-7-3-2-6-17(18)12-13-21(22)24-14-16-10-11-16/h2-3,6-7,12-13,16,19-20H,4-5,8-11,14H2,1H3/t19-,20+/m1/s1. The first-order valence-corrected chi connectivity index (χ1v) is 9.54. The number of hydrogen-bond donors (Lipinski definition) is 0. The minimum Gasteiger partial charge on any atom is -0.493 e. The maximum Gasteiger partial charge on any atom is 0.302 e. The number of carbonyl (C=O) groups is 1. The molecule has 2 fully saturated rings. The summed E-state index contributed by atoms with van der Waals surface area (Å²) in [6, 6.07) is 12.7. The Kier molecular flexibility index (Phi) is 4.65. The average Bonchev–Trinajstić information content (AvgIpc) is 3.44. The van der Waals surface area contributed by atoms with Gasteiger partial charge in [-0.05, 0) is 54.9 Å². The first-order chi connectivity index (χ1) is 12.2. The normalized spacial score (nSPS) is 23.4. The Morgan fingerprint density at radius 3 is 2.64 bits per heavy atom. The van der Waals surface area contributed by atoms with E-state index in [4.69, 9.17) is 9.47 Å². The van der Waals surface area contributed by atoms with E-state index >= 15 is 0 Å². The smallest absolute Gasteiger partial charge is 0.302 e. The van der Waals surface area contributed by atoms with Crippen molar-refractivity contribution in [3.8, 4) is 5.75 Å². The Morgan fingerprint density at radius 1 is 1.04 bits per heavy atom. The zero-order chi connectivity index (χ0) is 17.2. The maximum atomic E-state index is 11.6. The van der Waals surface area contributed by atoms with E-state index in [1.165, 1.54) is 42.5 Å². The van der Waals surface area contributed by atoms with E-state index in [1.807, 2.05) is 0 Å². The van der Waals surface area contributed by atoms with Crippen molar-refractivity contribution in [1.29, 1.82) is 0 Å². The fraction of sp³-hybridized carbons (Fsp3) is 0.500. The monoisotopic (exact) mass is 338 g/mol. The molecule has 0 aliphatic heterocycles. The molecule has 2 saturated carbocycles. The summed E-state index contributed by atoms with van der Waals surface area (Å²) in [5.41, 5.74) is 1.24. The zero-order valence-electron chi connectivity index (χ0n) is 14.9. The van der Waals surface area contributed by atoms with Crippen LogP contribution in [0.15, 0.2) is 36.4 Å². The third-order valence-corrected chi connectivity index (χ3v) is 5.49. The van der Waals surface area contributed by atoms with Gasteiger partial charge >= 0.3 is 5.97 Å². The third-order valence-electron chi connectivity index (χ3n) is 5.49. The second-order valence-electron chi connectivity index (χ2n) is 7.49. The molecular weight excluding hydrogens is 312 g/mol. The number of esters is 1. The van der Waals surface area contributed by atoms with Crippen molar-refractivity contribution in [2.75, 3.05) is 6.61 Å². The van der Waals surface area contributed by atoms with Gasteiger partial charge < -0.3 is 9.47 Å². The second-order valence-corrected chi connectivity index (χ2v) is 7.49. The molecule has 0 saturated heterocycles. The van der Waals surface area contributed by atoms with Crippen LogP contribution in [0, 0.1) is 5.92 Å².